The highest BCUT2D eigenvalue weighted by molar-refractivity contribution is 7.89. The first kappa shape index (κ1) is 14.8. The third-order valence-corrected chi connectivity index (χ3v) is 5.40. The molecule has 2 aliphatic heterocycles. The van der Waals surface area contributed by atoms with Gasteiger partial charge in [0.1, 0.15) is 0 Å². The van der Waals surface area contributed by atoms with E-state index in [1.807, 2.05) is 4.90 Å². The third kappa shape index (κ3) is 3.55. The van der Waals surface area contributed by atoms with Gasteiger partial charge in [-0.05, 0) is 12.8 Å². The normalized spacial score (nSPS) is 30.5. The van der Waals surface area contributed by atoms with Gasteiger partial charge in [-0.25, -0.2) is 13.6 Å². The molecule has 2 amide bonds. The molecule has 3 aliphatic rings. The van der Waals surface area contributed by atoms with Crippen LogP contribution in [-0.2, 0) is 19.6 Å². The molecule has 2 N–H and O–H groups in total. The summed E-state index contributed by atoms with van der Waals surface area (Å²) in [4.78, 5) is 27.5. The summed E-state index contributed by atoms with van der Waals surface area (Å²) in [5.41, 5.74) is 0. The number of sulfonamides is 1. The van der Waals surface area contributed by atoms with E-state index in [9.17, 15) is 18.0 Å². The van der Waals surface area contributed by atoms with E-state index in [1.54, 1.807) is 4.90 Å². The predicted octanol–water partition coefficient (Wildman–Crippen LogP) is -0.866. The highest BCUT2D eigenvalue weighted by atomic mass is 32.2. The Labute approximate surface area is 124 Å². The molecule has 7 nitrogen and oxygen atoms in total. The lowest BCUT2D eigenvalue weighted by molar-refractivity contribution is -0.129. The number of amides is 2. The second kappa shape index (κ2) is 5.24. The van der Waals surface area contributed by atoms with Gasteiger partial charge in [0.2, 0.25) is 21.8 Å². The zero-order valence-corrected chi connectivity index (χ0v) is 12.7. The number of carbonyl (C=O) groups is 2. The summed E-state index contributed by atoms with van der Waals surface area (Å²) in [5, 5.41) is 5.04. The molecule has 1 saturated carbocycles. The zero-order chi connectivity index (χ0) is 15.2. The Morgan fingerprint density at radius 3 is 2.33 bits per heavy atom. The van der Waals surface area contributed by atoms with Crippen LogP contribution in [-0.4, -0.2) is 61.5 Å². The van der Waals surface area contributed by atoms with Crippen LogP contribution in [0.15, 0.2) is 0 Å². The van der Waals surface area contributed by atoms with Gasteiger partial charge in [-0.3, -0.25) is 9.59 Å². The minimum atomic E-state index is -3.54. The molecule has 1 aliphatic carbocycles. The van der Waals surface area contributed by atoms with Gasteiger partial charge < -0.3 is 9.80 Å². The standard InChI is InChI=1S/C13H21N3O4S/c14-21(19,20)8-10-4-12(17)15(6-10)5-9-3-13(18)16(7-9)11-1-2-11/h9-11H,1-8H2,(H2,14,19,20). The Morgan fingerprint density at radius 1 is 1.05 bits per heavy atom. The predicted molar refractivity (Wildman–Crippen MR) is 75.5 cm³/mol. The van der Waals surface area contributed by atoms with Gasteiger partial charge in [0.15, 0.2) is 0 Å². The first-order valence-corrected chi connectivity index (χ1v) is 9.11. The number of carbonyl (C=O) groups excluding carboxylic acids is 2. The first-order valence-electron chi connectivity index (χ1n) is 7.39. The van der Waals surface area contributed by atoms with Crippen LogP contribution >= 0.6 is 0 Å². The smallest absolute Gasteiger partial charge is 0.223 e. The number of primary sulfonamides is 1. The van der Waals surface area contributed by atoms with Gasteiger partial charge in [-0.15, -0.1) is 0 Å². The molecule has 118 valence electrons. The van der Waals surface area contributed by atoms with Crippen LogP contribution in [0.5, 0.6) is 0 Å². The van der Waals surface area contributed by atoms with E-state index in [4.69, 9.17) is 5.14 Å². The van der Waals surface area contributed by atoms with E-state index in [1.165, 1.54) is 0 Å². The molecule has 2 saturated heterocycles. The van der Waals surface area contributed by atoms with Crippen LogP contribution in [0.3, 0.4) is 0 Å². The van der Waals surface area contributed by atoms with Crippen LogP contribution in [0.2, 0.25) is 0 Å². The van der Waals surface area contributed by atoms with Gasteiger partial charge in [-0.2, -0.15) is 0 Å². The molecule has 2 atom stereocenters. The summed E-state index contributed by atoms with van der Waals surface area (Å²) in [6.45, 7) is 1.71. The van der Waals surface area contributed by atoms with E-state index < -0.39 is 10.0 Å². The molecular weight excluding hydrogens is 294 g/mol. The summed E-state index contributed by atoms with van der Waals surface area (Å²) < 4.78 is 22.2. The van der Waals surface area contributed by atoms with Crippen molar-refractivity contribution >= 4 is 21.8 Å². The van der Waals surface area contributed by atoms with E-state index in [0.717, 1.165) is 19.4 Å². The SMILES string of the molecule is NS(=O)(=O)CC1CC(=O)N(CC2CC(=O)N(C3CC3)C2)C1. The maximum atomic E-state index is 12.0. The fraction of sp³-hybridized carbons (Fsp3) is 0.846. The second-order valence-corrected chi connectivity index (χ2v) is 8.20. The number of hydrogen-bond donors (Lipinski definition) is 1. The Kier molecular flexibility index (Phi) is 3.69. The molecule has 0 aromatic carbocycles. The van der Waals surface area contributed by atoms with Crippen molar-refractivity contribution < 1.29 is 18.0 Å². The average Bonchev–Trinajstić information content (AvgIpc) is 3.04. The van der Waals surface area contributed by atoms with Crippen LogP contribution in [0.1, 0.15) is 25.7 Å². The van der Waals surface area contributed by atoms with Crippen molar-refractivity contribution in [2.24, 2.45) is 17.0 Å². The van der Waals surface area contributed by atoms with Gasteiger partial charge in [0.25, 0.3) is 0 Å². The molecular formula is C13H21N3O4S. The third-order valence-electron chi connectivity index (χ3n) is 4.47. The lowest BCUT2D eigenvalue weighted by Gasteiger charge is -2.21. The van der Waals surface area contributed by atoms with E-state index in [-0.39, 0.29) is 35.8 Å². The largest absolute Gasteiger partial charge is 0.342 e. The average molecular weight is 315 g/mol. The van der Waals surface area contributed by atoms with Crippen LogP contribution in [0, 0.1) is 11.8 Å². The molecule has 0 aromatic heterocycles. The molecule has 3 rings (SSSR count). The van der Waals surface area contributed by atoms with Gasteiger partial charge in [0, 0.05) is 50.4 Å². The molecule has 2 heterocycles. The lowest BCUT2D eigenvalue weighted by atomic mass is 10.1. The van der Waals surface area contributed by atoms with Crippen LogP contribution in [0.4, 0.5) is 0 Å². The number of likely N-dealkylation sites (tertiary alicyclic amines) is 2. The van der Waals surface area contributed by atoms with Crippen molar-refractivity contribution in [2.75, 3.05) is 25.4 Å². The summed E-state index contributed by atoms with van der Waals surface area (Å²) in [6, 6.07) is 0.423. The maximum absolute atomic E-state index is 12.0. The molecule has 0 aromatic rings. The molecule has 21 heavy (non-hydrogen) atoms. The monoisotopic (exact) mass is 315 g/mol. The highest BCUT2D eigenvalue weighted by Crippen LogP contribution is 2.33. The molecule has 0 bridgehead atoms. The Balaban J connectivity index is 1.54. The van der Waals surface area contributed by atoms with Crippen molar-refractivity contribution in [3.63, 3.8) is 0 Å². The number of rotatable bonds is 5. The molecule has 2 unspecified atom stereocenters. The van der Waals surface area contributed by atoms with E-state index >= 15 is 0 Å². The minimum absolute atomic E-state index is 0.0269. The lowest BCUT2D eigenvalue weighted by Crippen LogP contribution is -2.33. The Bertz CT molecular complexity index is 558. The van der Waals surface area contributed by atoms with Gasteiger partial charge in [-0.1, -0.05) is 0 Å². The van der Waals surface area contributed by atoms with Crippen molar-refractivity contribution in [1.82, 2.24) is 9.80 Å². The quantitative estimate of drug-likeness (QED) is 0.713. The van der Waals surface area contributed by atoms with Gasteiger partial charge in [0.05, 0.1) is 5.75 Å². The van der Waals surface area contributed by atoms with Crippen molar-refractivity contribution in [3.8, 4) is 0 Å². The Morgan fingerprint density at radius 2 is 1.71 bits per heavy atom. The fourth-order valence-electron chi connectivity index (χ4n) is 3.45. The van der Waals surface area contributed by atoms with Crippen LogP contribution in [0.25, 0.3) is 0 Å². The highest BCUT2D eigenvalue weighted by Gasteiger charge is 2.41. The van der Waals surface area contributed by atoms with E-state index in [0.29, 0.717) is 25.6 Å². The topological polar surface area (TPSA) is 101 Å². The van der Waals surface area contributed by atoms with Crippen LogP contribution < -0.4 is 5.14 Å². The van der Waals surface area contributed by atoms with Crippen molar-refractivity contribution in [1.29, 1.82) is 0 Å². The summed E-state index contributed by atoms with van der Waals surface area (Å²) in [6.07, 6.45) is 2.93. The Hall–Kier alpha value is -1.15. The van der Waals surface area contributed by atoms with E-state index in [2.05, 4.69) is 0 Å². The number of hydrogen-bond acceptors (Lipinski definition) is 4. The molecule has 8 heteroatoms. The fourth-order valence-corrected chi connectivity index (χ4v) is 4.33. The first-order chi connectivity index (χ1) is 9.82. The minimum Gasteiger partial charge on any atom is -0.342 e. The summed E-state index contributed by atoms with van der Waals surface area (Å²) in [5.74, 6) is -0.0248. The second-order valence-electron chi connectivity index (χ2n) is 6.55. The molecule has 3 fully saturated rings. The molecule has 0 radical (unpaired) electrons. The summed E-state index contributed by atoms with van der Waals surface area (Å²) in [7, 11) is -3.54. The van der Waals surface area contributed by atoms with Crippen molar-refractivity contribution in [2.45, 2.75) is 31.7 Å². The number of nitrogens with zero attached hydrogens (tertiary/aromatic N) is 2. The number of nitrogens with two attached hydrogens (primary N) is 1. The van der Waals surface area contributed by atoms with Crippen molar-refractivity contribution in [3.05, 3.63) is 0 Å². The maximum Gasteiger partial charge on any atom is 0.223 e. The molecule has 0 spiro atoms. The summed E-state index contributed by atoms with van der Waals surface area (Å²) >= 11 is 0. The zero-order valence-electron chi connectivity index (χ0n) is 11.9. The van der Waals surface area contributed by atoms with Gasteiger partial charge >= 0.3 is 0 Å².